The van der Waals surface area contributed by atoms with E-state index in [0.717, 1.165) is 19.6 Å². The molecule has 0 fully saturated rings. The minimum atomic E-state index is -0.225. The highest BCUT2D eigenvalue weighted by molar-refractivity contribution is 9.10. The summed E-state index contributed by atoms with van der Waals surface area (Å²) < 4.78 is 9.65. The van der Waals surface area contributed by atoms with Crippen molar-refractivity contribution in [2.75, 3.05) is 19.5 Å². The summed E-state index contributed by atoms with van der Waals surface area (Å²) in [6, 6.07) is 13.7. The van der Waals surface area contributed by atoms with Gasteiger partial charge < -0.3 is 9.30 Å². The van der Waals surface area contributed by atoms with Gasteiger partial charge in [0.15, 0.2) is 4.80 Å². The molecule has 4 nitrogen and oxygen atoms in total. The number of rotatable bonds is 6. The van der Waals surface area contributed by atoms with Crippen molar-refractivity contribution in [1.82, 2.24) is 4.57 Å². The third-order valence-corrected chi connectivity index (χ3v) is 6.08. The zero-order chi connectivity index (χ0) is 18.5. The Hall–Kier alpha value is -1.41. The fourth-order valence-corrected chi connectivity index (χ4v) is 4.62. The quantitative estimate of drug-likeness (QED) is 0.393. The Kier molecular flexibility index (Phi) is 6.69. The second kappa shape index (κ2) is 8.99. The summed E-state index contributed by atoms with van der Waals surface area (Å²) in [5.41, 5.74) is 1.66. The third-order valence-electron chi connectivity index (χ3n) is 3.82. The molecule has 1 heterocycles. The van der Waals surface area contributed by atoms with Crippen molar-refractivity contribution >= 4 is 55.2 Å². The first kappa shape index (κ1) is 19.4. The first-order valence-corrected chi connectivity index (χ1v) is 11.1. The molecule has 1 amide bonds. The van der Waals surface area contributed by atoms with Gasteiger partial charge in [-0.2, -0.15) is 4.99 Å². The second-order valence-electron chi connectivity index (χ2n) is 5.49. The number of carbonyl (C=O) groups excluding carboxylic acids is 1. The van der Waals surface area contributed by atoms with Gasteiger partial charge in [0.1, 0.15) is 0 Å². The zero-order valence-corrected chi connectivity index (χ0v) is 17.8. The number of hydrogen-bond donors (Lipinski definition) is 0. The van der Waals surface area contributed by atoms with Crippen LogP contribution in [0, 0.1) is 0 Å². The summed E-state index contributed by atoms with van der Waals surface area (Å²) in [6.45, 7) is 3.89. The van der Waals surface area contributed by atoms with E-state index >= 15 is 0 Å². The van der Waals surface area contributed by atoms with Crippen LogP contribution < -0.4 is 4.80 Å². The van der Waals surface area contributed by atoms with E-state index in [9.17, 15) is 4.79 Å². The van der Waals surface area contributed by atoms with E-state index in [1.165, 1.54) is 11.3 Å². The van der Waals surface area contributed by atoms with E-state index in [0.29, 0.717) is 30.1 Å². The van der Waals surface area contributed by atoms with Gasteiger partial charge in [-0.25, -0.2) is 0 Å². The van der Waals surface area contributed by atoms with Gasteiger partial charge in [-0.1, -0.05) is 33.3 Å². The minimum absolute atomic E-state index is 0.225. The Labute approximate surface area is 169 Å². The van der Waals surface area contributed by atoms with Crippen LogP contribution in [-0.4, -0.2) is 29.9 Å². The Balaban J connectivity index is 2.05. The minimum Gasteiger partial charge on any atom is -0.380 e. The Bertz CT molecular complexity index is 995. The molecule has 136 valence electrons. The Morgan fingerprint density at radius 3 is 2.92 bits per heavy atom. The number of thioether (sulfide) groups is 1. The van der Waals surface area contributed by atoms with E-state index in [4.69, 9.17) is 4.74 Å². The maximum Gasteiger partial charge on any atom is 0.279 e. The zero-order valence-electron chi connectivity index (χ0n) is 14.6. The van der Waals surface area contributed by atoms with E-state index in [-0.39, 0.29) is 5.91 Å². The van der Waals surface area contributed by atoms with Gasteiger partial charge >= 0.3 is 0 Å². The number of halogens is 1. The lowest BCUT2D eigenvalue weighted by Crippen LogP contribution is -2.19. The summed E-state index contributed by atoms with van der Waals surface area (Å²) >= 11 is 6.63. The van der Waals surface area contributed by atoms with E-state index in [1.807, 2.05) is 43.5 Å². The molecule has 7 heteroatoms. The van der Waals surface area contributed by atoms with Crippen LogP contribution in [0.4, 0.5) is 0 Å². The molecular weight excluding hydrogens is 432 g/mol. The number of benzene rings is 2. The SMILES string of the molecule is CCOCCn1c(=NC(=O)c2cccc(SC)c2)sc2cc(Br)ccc21. The van der Waals surface area contributed by atoms with Crippen LogP contribution in [0.1, 0.15) is 17.3 Å². The molecule has 0 saturated heterocycles. The van der Waals surface area contributed by atoms with Crippen molar-refractivity contribution in [3.8, 4) is 0 Å². The van der Waals surface area contributed by atoms with Gasteiger partial charge in [0.25, 0.3) is 5.91 Å². The molecule has 0 aliphatic heterocycles. The third kappa shape index (κ3) is 4.46. The number of nitrogens with zero attached hydrogens (tertiary/aromatic N) is 2. The molecule has 3 aromatic rings. The van der Waals surface area contributed by atoms with Gasteiger partial charge in [0.2, 0.25) is 0 Å². The highest BCUT2D eigenvalue weighted by atomic mass is 79.9. The molecule has 26 heavy (non-hydrogen) atoms. The van der Waals surface area contributed by atoms with Crippen molar-refractivity contribution in [2.45, 2.75) is 18.4 Å². The number of carbonyl (C=O) groups is 1. The van der Waals surface area contributed by atoms with E-state index < -0.39 is 0 Å². The first-order valence-electron chi connectivity index (χ1n) is 8.22. The maximum absolute atomic E-state index is 12.7. The summed E-state index contributed by atoms with van der Waals surface area (Å²) in [5.74, 6) is -0.225. The monoisotopic (exact) mass is 450 g/mol. The van der Waals surface area contributed by atoms with E-state index in [1.54, 1.807) is 17.8 Å². The van der Waals surface area contributed by atoms with Crippen LogP contribution in [-0.2, 0) is 11.3 Å². The fourth-order valence-electron chi connectivity index (χ4n) is 2.56. The Morgan fingerprint density at radius 1 is 1.31 bits per heavy atom. The van der Waals surface area contributed by atoms with Crippen LogP contribution in [0.5, 0.6) is 0 Å². The van der Waals surface area contributed by atoms with Gasteiger partial charge in [-0.15, -0.1) is 11.8 Å². The van der Waals surface area contributed by atoms with Crippen molar-refractivity contribution in [1.29, 1.82) is 0 Å². The largest absolute Gasteiger partial charge is 0.380 e. The average Bonchev–Trinajstić information content (AvgIpc) is 2.98. The standard InChI is InChI=1S/C19H19BrN2O2S2/c1-3-24-10-9-22-16-8-7-14(20)12-17(16)26-19(22)21-18(23)13-5-4-6-15(11-13)25-2/h4-8,11-12H,3,9-10H2,1-2H3. The molecule has 0 unspecified atom stereocenters. The van der Waals surface area contributed by atoms with Crippen molar-refractivity contribution in [2.24, 2.45) is 4.99 Å². The summed E-state index contributed by atoms with van der Waals surface area (Å²) in [4.78, 5) is 18.8. The lowest BCUT2D eigenvalue weighted by Gasteiger charge is -2.05. The number of hydrogen-bond acceptors (Lipinski definition) is 4. The predicted molar refractivity (Wildman–Crippen MR) is 112 cm³/mol. The molecule has 0 atom stereocenters. The summed E-state index contributed by atoms with van der Waals surface area (Å²) in [5, 5.41) is 0. The summed E-state index contributed by atoms with van der Waals surface area (Å²) in [6.07, 6.45) is 1.99. The molecule has 0 aliphatic carbocycles. The van der Waals surface area contributed by atoms with Crippen molar-refractivity contribution in [3.63, 3.8) is 0 Å². The lowest BCUT2D eigenvalue weighted by atomic mass is 10.2. The molecule has 0 bridgehead atoms. The van der Waals surface area contributed by atoms with Crippen LogP contribution >= 0.6 is 39.0 Å². The topological polar surface area (TPSA) is 43.6 Å². The average molecular weight is 451 g/mol. The van der Waals surface area contributed by atoms with Gasteiger partial charge in [-0.05, 0) is 49.6 Å². The molecule has 2 aromatic carbocycles. The molecule has 0 aliphatic rings. The first-order chi connectivity index (χ1) is 12.6. The van der Waals surface area contributed by atoms with Gasteiger partial charge in [0.05, 0.1) is 16.8 Å². The highest BCUT2D eigenvalue weighted by Gasteiger charge is 2.10. The molecule has 0 radical (unpaired) electrons. The van der Waals surface area contributed by atoms with Crippen LogP contribution in [0.2, 0.25) is 0 Å². The molecule has 0 saturated carbocycles. The number of aromatic nitrogens is 1. The maximum atomic E-state index is 12.7. The fraction of sp³-hybridized carbons (Fsp3) is 0.263. The molecule has 1 aromatic heterocycles. The van der Waals surface area contributed by atoms with Gasteiger partial charge in [-0.3, -0.25) is 4.79 Å². The number of thiazole rings is 1. The molecule has 0 N–H and O–H groups in total. The number of amides is 1. The molecule has 0 spiro atoms. The molecular formula is C19H19BrN2O2S2. The summed E-state index contributed by atoms with van der Waals surface area (Å²) in [7, 11) is 0. The van der Waals surface area contributed by atoms with Crippen molar-refractivity contribution < 1.29 is 9.53 Å². The predicted octanol–water partition coefficient (Wildman–Crippen LogP) is 4.96. The number of fused-ring (bicyclic) bond motifs is 1. The van der Waals surface area contributed by atoms with Crippen LogP contribution in [0.25, 0.3) is 10.2 Å². The van der Waals surface area contributed by atoms with Crippen LogP contribution in [0.3, 0.4) is 0 Å². The van der Waals surface area contributed by atoms with E-state index in [2.05, 4.69) is 31.6 Å². The smallest absolute Gasteiger partial charge is 0.279 e. The Morgan fingerprint density at radius 2 is 2.15 bits per heavy atom. The lowest BCUT2D eigenvalue weighted by molar-refractivity contribution is 0.0996. The van der Waals surface area contributed by atoms with Gasteiger partial charge in [0, 0.05) is 28.1 Å². The van der Waals surface area contributed by atoms with Crippen molar-refractivity contribution in [3.05, 3.63) is 57.3 Å². The number of ether oxygens (including phenoxy) is 1. The molecule has 3 rings (SSSR count). The normalized spacial score (nSPS) is 12.0. The second-order valence-corrected chi connectivity index (χ2v) is 8.30. The highest BCUT2D eigenvalue weighted by Crippen LogP contribution is 2.22. The van der Waals surface area contributed by atoms with Crippen LogP contribution in [0.15, 0.2) is 56.8 Å².